The molecule has 2 fully saturated rings. The third kappa shape index (κ3) is 1.94. The highest BCUT2D eigenvalue weighted by Gasteiger charge is 2.37. The lowest BCUT2D eigenvalue weighted by Gasteiger charge is -2.21. The number of amides is 1. The van der Waals surface area contributed by atoms with E-state index in [1.165, 1.54) is 0 Å². The van der Waals surface area contributed by atoms with Crippen molar-refractivity contribution in [2.24, 2.45) is 0 Å². The Bertz CT molecular complexity index is 401. The zero-order chi connectivity index (χ0) is 11.7. The van der Waals surface area contributed by atoms with Crippen molar-refractivity contribution in [3.05, 3.63) is 35.9 Å². The molecule has 2 heterocycles. The summed E-state index contributed by atoms with van der Waals surface area (Å²) < 4.78 is 5.34. The van der Waals surface area contributed by atoms with Crippen LogP contribution in [-0.4, -0.2) is 36.7 Å². The van der Waals surface area contributed by atoms with E-state index in [1.54, 1.807) is 0 Å². The van der Waals surface area contributed by atoms with Crippen LogP contribution < -0.4 is 5.32 Å². The summed E-state index contributed by atoms with van der Waals surface area (Å²) in [6.45, 7) is 2.08. The van der Waals surface area contributed by atoms with E-state index in [0.717, 1.165) is 18.6 Å². The maximum Gasteiger partial charge on any atom is 0.245 e. The Kier molecular flexibility index (Phi) is 2.82. The monoisotopic (exact) mass is 232 g/mol. The summed E-state index contributed by atoms with van der Waals surface area (Å²) in [5.74, 6) is 0.173. The van der Waals surface area contributed by atoms with Gasteiger partial charge in [0, 0.05) is 6.61 Å². The number of hydrogen-bond acceptors (Lipinski definition) is 3. The van der Waals surface area contributed by atoms with Crippen molar-refractivity contribution in [2.75, 3.05) is 19.9 Å². The van der Waals surface area contributed by atoms with Gasteiger partial charge in [0.1, 0.15) is 6.04 Å². The predicted molar refractivity (Wildman–Crippen MR) is 63.3 cm³/mol. The van der Waals surface area contributed by atoms with E-state index >= 15 is 0 Å². The Labute approximate surface area is 101 Å². The quantitative estimate of drug-likeness (QED) is 0.824. The minimum Gasteiger partial charge on any atom is -0.379 e. The lowest BCUT2D eigenvalue weighted by molar-refractivity contribution is -0.131. The number of rotatable bonds is 2. The molecular weight excluding hydrogens is 216 g/mol. The van der Waals surface area contributed by atoms with Gasteiger partial charge in [-0.1, -0.05) is 30.3 Å². The lowest BCUT2D eigenvalue weighted by atomic mass is 10.1. The van der Waals surface area contributed by atoms with E-state index in [2.05, 4.69) is 5.32 Å². The third-order valence-electron chi connectivity index (χ3n) is 3.48. The van der Waals surface area contributed by atoms with Crippen molar-refractivity contribution in [1.82, 2.24) is 10.2 Å². The molecule has 0 aliphatic carbocycles. The molecule has 2 unspecified atom stereocenters. The first-order chi connectivity index (χ1) is 8.36. The minimum absolute atomic E-state index is 0.173. The minimum atomic E-state index is -0.184. The molecule has 0 saturated carbocycles. The number of hydrogen-bond donors (Lipinski definition) is 1. The van der Waals surface area contributed by atoms with Crippen LogP contribution in [0.3, 0.4) is 0 Å². The number of ether oxygens (including phenoxy) is 1. The van der Waals surface area contributed by atoms with Gasteiger partial charge in [0.2, 0.25) is 5.91 Å². The molecule has 2 saturated heterocycles. The van der Waals surface area contributed by atoms with Gasteiger partial charge in [-0.3, -0.25) is 10.1 Å². The number of carbonyl (C=O) groups excluding carboxylic acids is 1. The molecular formula is C13H16N2O2. The topological polar surface area (TPSA) is 41.6 Å². The first-order valence-corrected chi connectivity index (χ1v) is 6.03. The highest BCUT2D eigenvalue weighted by molar-refractivity contribution is 5.85. The first-order valence-electron chi connectivity index (χ1n) is 6.03. The van der Waals surface area contributed by atoms with Gasteiger partial charge >= 0.3 is 0 Å². The SMILES string of the molecule is O=C1C(c2ccccc2)NCN1C1CCOC1. The normalized spacial score (nSPS) is 28.9. The Balaban J connectivity index is 1.76. The van der Waals surface area contributed by atoms with Crippen molar-refractivity contribution in [3.8, 4) is 0 Å². The fourth-order valence-corrected chi connectivity index (χ4v) is 2.50. The Morgan fingerprint density at radius 3 is 2.82 bits per heavy atom. The van der Waals surface area contributed by atoms with Gasteiger partial charge in [-0.25, -0.2) is 0 Å². The summed E-state index contributed by atoms with van der Waals surface area (Å²) in [5, 5.41) is 3.27. The average Bonchev–Trinajstić information content (AvgIpc) is 2.99. The standard InChI is InChI=1S/C13H16N2O2/c16-13-12(10-4-2-1-3-5-10)14-9-15(13)11-6-7-17-8-11/h1-5,11-12,14H,6-9H2. The zero-order valence-electron chi connectivity index (χ0n) is 9.63. The summed E-state index contributed by atoms with van der Waals surface area (Å²) in [6, 6.07) is 9.94. The average molecular weight is 232 g/mol. The highest BCUT2D eigenvalue weighted by Crippen LogP contribution is 2.24. The number of benzene rings is 1. The first kappa shape index (κ1) is 10.7. The molecule has 0 aromatic heterocycles. The van der Waals surface area contributed by atoms with E-state index in [1.807, 2.05) is 35.2 Å². The smallest absolute Gasteiger partial charge is 0.245 e. The zero-order valence-corrected chi connectivity index (χ0v) is 9.63. The molecule has 4 nitrogen and oxygen atoms in total. The summed E-state index contributed by atoms with van der Waals surface area (Å²) in [7, 11) is 0. The van der Waals surface area contributed by atoms with Gasteiger partial charge < -0.3 is 9.64 Å². The second-order valence-electron chi connectivity index (χ2n) is 4.53. The molecule has 1 N–H and O–H groups in total. The largest absolute Gasteiger partial charge is 0.379 e. The van der Waals surface area contributed by atoms with Crippen LogP contribution in [0.15, 0.2) is 30.3 Å². The molecule has 1 amide bonds. The summed E-state index contributed by atoms with van der Waals surface area (Å²) in [4.78, 5) is 14.2. The van der Waals surface area contributed by atoms with E-state index < -0.39 is 0 Å². The second kappa shape index (κ2) is 4.47. The van der Waals surface area contributed by atoms with Crippen LogP contribution in [-0.2, 0) is 9.53 Å². The second-order valence-corrected chi connectivity index (χ2v) is 4.53. The predicted octanol–water partition coefficient (Wildman–Crippen LogP) is 0.906. The lowest BCUT2D eigenvalue weighted by Crippen LogP contribution is -2.37. The Hall–Kier alpha value is -1.39. The van der Waals surface area contributed by atoms with E-state index in [4.69, 9.17) is 4.74 Å². The molecule has 2 atom stereocenters. The summed E-state index contributed by atoms with van der Waals surface area (Å²) >= 11 is 0. The molecule has 1 aromatic carbocycles. The van der Waals surface area contributed by atoms with Crippen LogP contribution >= 0.6 is 0 Å². The summed E-state index contributed by atoms with van der Waals surface area (Å²) in [6.07, 6.45) is 0.953. The summed E-state index contributed by atoms with van der Waals surface area (Å²) in [5.41, 5.74) is 1.04. The van der Waals surface area contributed by atoms with Crippen LogP contribution in [0.4, 0.5) is 0 Å². The van der Waals surface area contributed by atoms with Gasteiger partial charge in [0.15, 0.2) is 0 Å². The number of nitrogens with one attached hydrogen (secondary N) is 1. The Morgan fingerprint density at radius 2 is 2.12 bits per heavy atom. The van der Waals surface area contributed by atoms with Crippen LogP contribution in [0.1, 0.15) is 18.0 Å². The van der Waals surface area contributed by atoms with Gasteiger partial charge in [-0.2, -0.15) is 0 Å². The van der Waals surface area contributed by atoms with Gasteiger partial charge in [-0.05, 0) is 12.0 Å². The van der Waals surface area contributed by atoms with Crippen molar-refractivity contribution in [1.29, 1.82) is 0 Å². The Morgan fingerprint density at radius 1 is 1.29 bits per heavy atom. The van der Waals surface area contributed by atoms with Gasteiger partial charge in [-0.15, -0.1) is 0 Å². The molecule has 4 heteroatoms. The molecule has 90 valence electrons. The molecule has 2 aliphatic rings. The van der Waals surface area contributed by atoms with Crippen molar-refractivity contribution in [2.45, 2.75) is 18.5 Å². The van der Waals surface area contributed by atoms with Crippen LogP contribution in [0.5, 0.6) is 0 Å². The third-order valence-corrected chi connectivity index (χ3v) is 3.48. The maximum absolute atomic E-state index is 12.3. The molecule has 2 aliphatic heterocycles. The van der Waals surface area contributed by atoms with Gasteiger partial charge in [0.05, 0.1) is 19.3 Å². The molecule has 0 radical (unpaired) electrons. The van der Waals surface area contributed by atoms with Crippen molar-refractivity contribution in [3.63, 3.8) is 0 Å². The molecule has 3 rings (SSSR count). The number of carbonyl (C=O) groups is 1. The fourth-order valence-electron chi connectivity index (χ4n) is 2.50. The molecule has 0 bridgehead atoms. The van der Waals surface area contributed by atoms with Crippen LogP contribution in [0.2, 0.25) is 0 Å². The molecule has 17 heavy (non-hydrogen) atoms. The fraction of sp³-hybridized carbons (Fsp3) is 0.462. The van der Waals surface area contributed by atoms with Crippen molar-refractivity contribution >= 4 is 5.91 Å². The van der Waals surface area contributed by atoms with E-state index in [0.29, 0.717) is 13.3 Å². The van der Waals surface area contributed by atoms with Crippen molar-refractivity contribution < 1.29 is 9.53 Å². The molecule has 0 spiro atoms. The van der Waals surface area contributed by atoms with E-state index in [-0.39, 0.29) is 18.0 Å². The number of nitrogens with zero attached hydrogens (tertiary/aromatic N) is 1. The van der Waals surface area contributed by atoms with E-state index in [9.17, 15) is 4.79 Å². The molecule has 1 aromatic rings. The highest BCUT2D eigenvalue weighted by atomic mass is 16.5. The maximum atomic E-state index is 12.3. The van der Waals surface area contributed by atoms with Crippen LogP contribution in [0.25, 0.3) is 0 Å². The van der Waals surface area contributed by atoms with Crippen LogP contribution in [0, 0.1) is 0 Å². The van der Waals surface area contributed by atoms with Gasteiger partial charge in [0.25, 0.3) is 0 Å².